The van der Waals surface area contributed by atoms with Crippen LogP contribution in [0.25, 0.3) is 0 Å². The van der Waals surface area contributed by atoms with E-state index in [0.717, 1.165) is 19.6 Å². The summed E-state index contributed by atoms with van der Waals surface area (Å²) in [6.45, 7) is 3.87. The Balaban J connectivity index is 1.54. The number of benzene rings is 2. The van der Waals surface area contributed by atoms with E-state index in [1.165, 1.54) is 11.6 Å². The first-order valence-electron chi connectivity index (χ1n) is 8.10. The van der Waals surface area contributed by atoms with Gasteiger partial charge in [0.2, 0.25) is 5.91 Å². The van der Waals surface area contributed by atoms with Crippen molar-refractivity contribution in [2.45, 2.75) is 13.0 Å². The number of piperazine rings is 1. The van der Waals surface area contributed by atoms with Gasteiger partial charge in [-0.15, -0.1) is 0 Å². The van der Waals surface area contributed by atoms with Crippen LogP contribution in [0.1, 0.15) is 11.1 Å². The number of rotatable bonds is 4. The quantitative estimate of drug-likeness (QED) is 0.847. The van der Waals surface area contributed by atoms with E-state index in [0.29, 0.717) is 18.1 Å². The zero-order valence-corrected chi connectivity index (χ0v) is 14.2. The van der Waals surface area contributed by atoms with Crippen molar-refractivity contribution in [2.24, 2.45) is 0 Å². The van der Waals surface area contributed by atoms with Crippen LogP contribution in [0.15, 0.2) is 48.5 Å². The summed E-state index contributed by atoms with van der Waals surface area (Å²) < 4.78 is 13.8. The van der Waals surface area contributed by atoms with Gasteiger partial charge in [-0.25, -0.2) is 4.39 Å². The smallest absolute Gasteiger partial charge is 0.227 e. The first-order chi connectivity index (χ1) is 11.6. The van der Waals surface area contributed by atoms with Crippen molar-refractivity contribution in [3.8, 4) is 0 Å². The maximum Gasteiger partial charge on any atom is 0.227 e. The van der Waals surface area contributed by atoms with Gasteiger partial charge in [0.05, 0.1) is 6.42 Å². The highest BCUT2D eigenvalue weighted by molar-refractivity contribution is 6.31. The summed E-state index contributed by atoms with van der Waals surface area (Å²) in [5.41, 5.74) is 1.56. The van der Waals surface area contributed by atoms with Gasteiger partial charge in [-0.05, 0) is 17.7 Å². The molecule has 2 aromatic carbocycles. The van der Waals surface area contributed by atoms with Crippen molar-refractivity contribution < 1.29 is 9.18 Å². The third kappa shape index (κ3) is 4.13. The maximum atomic E-state index is 13.8. The summed E-state index contributed by atoms with van der Waals surface area (Å²) in [5.74, 6) is -0.486. The Labute approximate surface area is 146 Å². The van der Waals surface area contributed by atoms with Crippen LogP contribution in [0.2, 0.25) is 5.02 Å². The predicted octanol–water partition coefficient (Wildman–Crippen LogP) is 3.37. The fraction of sp³-hybridized carbons (Fsp3) is 0.316. The first kappa shape index (κ1) is 16.9. The third-order valence-corrected chi connectivity index (χ3v) is 4.72. The van der Waals surface area contributed by atoms with Gasteiger partial charge in [0.1, 0.15) is 5.82 Å². The van der Waals surface area contributed by atoms with Gasteiger partial charge in [0, 0.05) is 43.3 Å². The minimum atomic E-state index is -0.418. The van der Waals surface area contributed by atoms with E-state index in [2.05, 4.69) is 17.0 Å². The molecule has 0 bridgehead atoms. The summed E-state index contributed by atoms with van der Waals surface area (Å²) in [6.07, 6.45) is 0.0180. The number of halogens is 2. The molecule has 0 aliphatic carbocycles. The minimum Gasteiger partial charge on any atom is -0.340 e. The van der Waals surface area contributed by atoms with E-state index in [9.17, 15) is 9.18 Å². The molecule has 0 N–H and O–H groups in total. The molecule has 3 nitrogen and oxygen atoms in total. The van der Waals surface area contributed by atoms with Gasteiger partial charge in [-0.2, -0.15) is 0 Å². The molecule has 1 saturated heterocycles. The van der Waals surface area contributed by atoms with Crippen molar-refractivity contribution in [1.29, 1.82) is 0 Å². The molecule has 2 aromatic rings. The monoisotopic (exact) mass is 346 g/mol. The summed E-state index contributed by atoms with van der Waals surface area (Å²) in [6, 6.07) is 14.8. The molecule has 3 rings (SSSR count). The van der Waals surface area contributed by atoms with E-state index in [1.807, 2.05) is 18.2 Å². The Morgan fingerprint density at radius 1 is 1.00 bits per heavy atom. The molecule has 1 heterocycles. The van der Waals surface area contributed by atoms with Crippen molar-refractivity contribution in [3.63, 3.8) is 0 Å². The number of carbonyl (C=O) groups is 1. The van der Waals surface area contributed by atoms with Gasteiger partial charge in [-0.3, -0.25) is 9.69 Å². The number of hydrogen-bond acceptors (Lipinski definition) is 2. The highest BCUT2D eigenvalue weighted by atomic mass is 35.5. The van der Waals surface area contributed by atoms with E-state index in [1.54, 1.807) is 17.0 Å². The molecule has 126 valence electrons. The lowest BCUT2D eigenvalue weighted by Gasteiger charge is -2.35. The topological polar surface area (TPSA) is 23.6 Å². The minimum absolute atomic E-state index is 0.0180. The molecule has 24 heavy (non-hydrogen) atoms. The van der Waals surface area contributed by atoms with Crippen LogP contribution < -0.4 is 0 Å². The standard InChI is InChI=1S/C19H20ClFN2O/c20-17-7-4-8-18(21)16(17)13-19(24)23-11-9-22(10-12-23)14-15-5-2-1-3-6-15/h1-8H,9-14H2. The maximum absolute atomic E-state index is 13.8. The lowest BCUT2D eigenvalue weighted by Crippen LogP contribution is -2.48. The molecular weight excluding hydrogens is 327 g/mol. The molecule has 0 unspecified atom stereocenters. The second kappa shape index (κ2) is 7.77. The molecule has 0 spiro atoms. The van der Waals surface area contributed by atoms with Gasteiger partial charge in [0.15, 0.2) is 0 Å². The lowest BCUT2D eigenvalue weighted by atomic mass is 10.1. The van der Waals surface area contributed by atoms with Crippen molar-refractivity contribution in [3.05, 3.63) is 70.5 Å². The Morgan fingerprint density at radius 2 is 1.71 bits per heavy atom. The van der Waals surface area contributed by atoms with Crippen LogP contribution in [0.3, 0.4) is 0 Å². The van der Waals surface area contributed by atoms with Crippen LogP contribution in [-0.2, 0) is 17.8 Å². The Morgan fingerprint density at radius 3 is 2.38 bits per heavy atom. The normalized spacial score (nSPS) is 15.5. The Kier molecular flexibility index (Phi) is 5.48. The summed E-state index contributed by atoms with van der Waals surface area (Å²) in [4.78, 5) is 16.5. The Bertz CT molecular complexity index is 680. The van der Waals surface area contributed by atoms with E-state index in [-0.39, 0.29) is 17.9 Å². The molecule has 0 aromatic heterocycles. The molecular formula is C19H20ClFN2O. The highest BCUT2D eigenvalue weighted by Crippen LogP contribution is 2.20. The van der Waals surface area contributed by atoms with Crippen molar-refractivity contribution >= 4 is 17.5 Å². The molecule has 0 atom stereocenters. The van der Waals surface area contributed by atoms with Crippen molar-refractivity contribution in [1.82, 2.24) is 9.80 Å². The van der Waals surface area contributed by atoms with Crippen LogP contribution >= 0.6 is 11.6 Å². The second-order valence-electron chi connectivity index (χ2n) is 6.02. The molecule has 1 fully saturated rings. The fourth-order valence-corrected chi connectivity index (χ4v) is 3.19. The first-order valence-corrected chi connectivity index (χ1v) is 8.48. The fourth-order valence-electron chi connectivity index (χ4n) is 2.96. The average Bonchev–Trinajstić information content (AvgIpc) is 2.60. The number of hydrogen-bond donors (Lipinski definition) is 0. The zero-order chi connectivity index (χ0) is 16.9. The summed E-state index contributed by atoms with van der Waals surface area (Å²) >= 11 is 6.01. The van der Waals surface area contributed by atoms with Gasteiger partial charge in [0.25, 0.3) is 0 Å². The van der Waals surface area contributed by atoms with Crippen molar-refractivity contribution in [2.75, 3.05) is 26.2 Å². The van der Waals surface area contributed by atoms with Crippen LogP contribution in [-0.4, -0.2) is 41.9 Å². The second-order valence-corrected chi connectivity index (χ2v) is 6.43. The summed E-state index contributed by atoms with van der Waals surface area (Å²) in [7, 11) is 0. The molecule has 0 saturated carbocycles. The number of nitrogens with zero attached hydrogens (tertiary/aromatic N) is 2. The van der Waals surface area contributed by atoms with E-state index in [4.69, 9.17) is 11.6 Å². The molecule has 1 aliphatic heterocycles. The Hall–Kier alpha value is -1.91. The predicted molar refractivity (Wildman–Crippen MR) is 93.4 cm³/mol. The number of carbonyl (C=O) groups excluding carboxylic acids is 1. The van der Waals surface area contributed by atoms with Crippen LogP contribution in [0.5, 0.6) is 0 Å². The lowest BCUT2D eigenvalue weighted by molar-refractivity contribution is -0.132. The van der Waals surface area contributed by atoms with E-state index >= 15 is 0 Å². The molecule has 0 radical (unpaired) electrons. The third-order valence-electron chi connectivity index (χ3n) is 4.36. The van der Waals surface area contributed by atoms with Crippen LogP contribution in [0.4, 0.5) is 4.39 Å². The summed E-state index contributed by atoms with van der Waals surface area (Å²) in [5, 5.41) is 0.311. The van der Waals surface area contributed by atoms with Gasteiger partial charge in [-0.1, -0.05) is 48.0 Å². The highest BCUT2D eigenvalue weighted by Gasteiger charge is 2.22. The SMILES string of the molecule is O=C(Cc1c(F)cccc1Cl)N1CCN(Cc2ccccc2)CC1. The van der Waals surface area contributed by atoms with Gasteiger partial charge >= 0.3 is 0 Å². The van der Waals surface area contributed by atoms with Crippen LogP contribution in [0, 0.1) is 5.82 Å². The number of amides is 1. The largest absolute Gasteiger partial charge is 0.340 e. The molecule has 5 heteroatoms. The van der Waals surface area contributed by atoms with E-state index < -0.39 is 5.82 Å². The zero-order valence-electron chi connectivity index (χ0n) is 13.4. The molecule has 1 amide bonds. The molecule has 1 aliphatic rings. The average molecular weight is 347 g/mol. The van der Waals surface area contributed by atoms with Gasteiger partial charge < -0.3 is 4.90 Å².